The summed E-state index contributed by atoms with van der Waals surface area (Å²) in [4.78, 5) is 16.6. The number of imidazole rings is 1. The maximum Gasteiger partial charge on any atom is 0.254 e. The summed E-state index contributed by atoms with van der Waals surface area (Å²) in [6.07, 6.45) is 6.81. The molecule has 1 amide bonds. The van der Waals surface area contributed by atoms with Crippen molar-refractivity contribution in [1.29, 1.82) is 0 Å². The molecule has 2 heterocycles. The highest BCUT2D eigenvalue weighted by Crippen LogP contribution is 2.21. The van der Waals surface area contributed by atoms with Gasteiger partial charge in [0.2, 0.25) is 0 Å². The number of aromatic nitrogens is 4. The van der Waals surface area contributed by atoms with Gasteiger partial charge in [0.25, 0.3) is 5.91 Å². The first-order valence-corrected chi connectivity index (χ1v) is 8.53. The number of rotatable bonds is 7. The van der Waals surface area contributed by atoms with Gasteiger partial charge in [-0.3, -0.25) is 4.79 Å². The lowest BCUT2D eigenvalue weighted by Gasteiger charge is -2.11. The molecule has 0 aliphatic heterocycles. The summed E-state index contributed by atoms with van der Waals surface area (Å²) in [5, 5.41) is 7.20. The largest absolute Gasteiger partial charge is 0.494 e. The number of carbonyl (C=O) groups excluding carboxylic acids is 1. The van der Waals surface area contributed by atoms with E-state index in [2.05, 4.69) is 33.8 Å². The Labute approximate surface area is 152 Å². The topological polar surface area (TPSA) is 74.0 Å². The van der Waals surface area contributed by atoms with Crippen molar-refractivity contribution in [2.24, 2.45) is 5.92 Å². The van der Waals surface area contributed by atoms with E-state index in [4.69, 9.17) is 4.74 Å². The molecule has 0 fully saturated rings. The molecule has 0 bridgehead atoms. The van der Waals surface area contributed by atoms with Crippen LogP contribution in [0.25, 0.3) is 5.69 Å². The summed E-state index contributed by atoms with van der Waals surface area (Å²) < 4.78 is 9.03. The summed E-state index contributed by atoms with van der Waals surface area (Å²) in [7, 11) is 1.61. The lowest BCUT2D eigenvalue weighted by molar-refractivity contribution is 0.0950. The smallest absolute Gasteiger partial charge is 0.254 e. The van der Waals surface area contributed by atoms with E-state index in [9.17, 15) is 4.79 Å². The Bertz CT molecular complexity index is 881. The molecule has 0 aliphatic rings. The van der Waals surface area contributed by atoms with Crippen molar-refractivity contribution in [3.8, 4) is 11.4 Å². The van der Waals surface area contributed by atoms with Crippen LogP contribution in [0.1, 0.15) is 29.9 Å². The number of benzene rings is 1. The minimum absolute atomic E-state index is 0.177. The van der Waals surface area contributed by atoms with Crippen LogP contribution in [-0.2, 0) is 13.1 Å². The third kappa shape index (κ3) is 3.93. The molecule has 0 radical (unpaired) electrons. The number of para-hydroxylation sites is 2. The molecule has 0 saturated heterocycles. The molecule has 0 atom stereocenters. The Kier molecular flexibility index (Phi) is 5.36. The Morgan fingerprint density at radius 3 is 2.85 bits per heavy atom. The number of ether oxygens (including phenoxy) is 1. The van der Waals surface area contributed by atoms with Crippen LogP contribution >= 0.6 is 0 Å². The first-order valence-electron chi connectivity index (χ1n) is 8.53. The van der Waals surface area contributed by atoms with Gasteiger partial charge in [-0.2, -0.15) is 5.10 Å². The maximum absolute atomic E-state index is 12.4. The monoisotopic (exact) mass is 353 g/mol. The van der Waals surface area contributed by atoms with Crippen molar-refractivity contribution in [3.05, 3.63) is 60.4 Å². The van der Waals surface area contributed by atoms with Crippen LogP contribution in [0.2, 0.25) is 0 Å². The van der Waals surface area contributed by atoms with E-state index in [0.717, 1.165) is 17.9 Å². The standard InChI is InChI=1S/C19H23N5O2/c1-14(2)11-23-13-20-9-16(23)10-21-19(25)15-8-22-24(12-15)17-6-4-5-7-18(17)26-3/h4-9,12-14H,10-11H2,1-3H3,(H,21,25). The molecule has 3 aromatic rings. The van der Waals surface area contributed by atoms with Crippen LogP contribution in [-0.4, -0.2) is 32.3 Å². The van der Waals surface area contributed by atoms with E-state index in [1.165, 1.54) is 0 Å². The van der Waals surface area contributed by atoms with E-state index in [1.807, 2.05) is 24.3 Å². The summed E-state index contributed by atoms with van der Waals surface area (Å²) in [5.41, 5.74) is 2.25. The lowest BCUT2D eigenvalue weighted by Crippen LogP contribution is -2.24. The predicted octanol–water partition coefficient (Wildman–Crippen LogP) is 2.66. The highest BCUT2D eigenvalue weighted by Gasteiger charge is 2.12. The quantitative estimate of drug-likeness (QED) is 0.709. The Morgan fingerprint density at radius 2 is 2.08 bits per heavy atom. The average molecular weight is 353 g/mol. The number of hydrogen-bond acceptors (Lipinski definition) is 4. The van der Waals surface area contributed by atoms with Crippen LogP contribution in [0.5, 0.6) is 5.75 Å². The van der Waals surface area contributed by atoms with Crippen molar-refractivity contribution in [3.63, 3.8) is 0 Å². The molecule has 0 unspecified atom stereocenters. The van der Waals surface area contributed by atoms with Gasteiger partial charge in [0, 0.05) is 18.9 Å². The van der Waals surface area contributed by atoms with Gasteiger partial charge in [-0.25, -0.2) is 9.67 Å². The number of nitrogens with one attached hydrogen (secondary N) is 1. The average Bonchev–Trinajstić information content (AvgIpc) is 3.29. The van der Waals surface area contributed by atoms with Crippen molar-refractivity contribution in [2.45, 2.75) is 26.9 Å². The highest BCUT2D eigenvalue weighted by molar-refractivity contribution is 5.93. The van der Waals surface area contributed by atoms with Gasteiger partial charge >= 0.3 is 0 Å². The Hall–Kier alpha value is -3.09. The second-order valence-corrected chi connectivity index (χ2v) is 6.46. The summed E-state index contributed by atoms with van der Waals surface area (Å²) in [6.45, 7) is 5.59. The van der Waals surface area contributed by atoms with Crippen LogP contribution in [0.3, 0.4) is 0 Å². The first kappa shape index (κ1) is 17.7. The molecule has 7 heteroatoms. The second-order valence-electron chi connectivity index (χ2n) is 6.46. The molecular weight excluding hydrogens is 330 g/mol. The van der Waals surface area contributed by atoms with E-state index < -0.39 is 0 Å². The van der Waals surface area contributed by atoms with Crippen molar-refractivity contribution in [1.82, 2.24) is 24.6 Å². The molecule has 1 N–H and O–H groups in total. The molecule has 26 heavy (non-hydrogen) atoms. The van der Waals surface area contributed by atoms with E-state index in [-0.39, 0.29) is 5.91 Å². The molecule has 0 spiro atoms. The van der Waals surface area contributed by atoms with Gasteiger partial charge in [0.15, 0.2) is 0 Å². The maximum atomic E-state index is 12.4. The summed E-state index contributed by atoms with van der Waals surface area (Å²) >= 11 is 0. The second kappa shape index (κ2) is 7.86. The van der Waals surface area contributed by atoms with Gasteiger partial charge in [-0.05, 0) is 18.1 Å². The fraction of sp³-hybridized carbons (Fsp3) is 0.316. The fourth-order valence-electron chi connectivity index (χ4n) is 2.72. The number of nitrogens with zero attached hydrogens (tertiary/aromatic N) is 4. The Morgan fingerprint density at radius 1 is 1.27 bits per heavy atom. The van der Waals surface area contributed by atoms with E-state index in [0.29, 0.717) is 23.8 Å². The molecule has 2 aromatic heterocycles. The van der Waals surface area contributed by atoms with Gasteiger partial charge in [0.1, 0.15) is 11.4 Å². The van der Waals surface area contributed by atoms with E-state index >= 15 is 0 Å². The molecule has 1 aromatic carbocycles. The van der Waals surface area contributed by atoms with Crippen molar-refractivity contribution < 1.29 is 9.53 Å². The number of methoxy groups -OCH3 is 1. The lowest BCUT2D eigenvalue weighted by atomic mass is 10.2. The third-order valence-corrected chi connectivity index (χ3v) is 3.97. The first-order chi connectivity index (χ1) is 12.6. The predicted molar refractivity (Wildman–Crippen MR) is 98.4 cm³/mol. The zero-order valence-electron chi connectivity index (χ0n) is 15.2. The zero-order valence-corrected chi connectivity index (χ0v) is 15.2. The molecular formula is C19H23N5O2. The molecule has 7 nitrogen and oxygen atoms in total. The van der Waals surface area contributed by atoms with Crippen molar-refractivity contribution in [2.75, 3.05) is 7.11 Å². The molecule has 0 saturated carbocycles. The van der Waals surface area contributed by atoms with Crippen LogP contribution < -0.4 is 10.1 Å². The normalized spacial score (nSPS) is 10.9. The number of carbonyl (C=O) groups is 1. The fourth-order valence-corrected chi connectivity index (χ4v) is 2.72. The zero-order chi connectivity index (χ0) is 18.5. The van der Waals surface area contributed by atoms with Crippen molar-refractivity contribution >= 4 is 5.91 Å². The minimum atomic E-state index is -0.177. The number of amides is 1. The van der Waals surface area contributed by atoms with Gasteiger partial charge < -0.3 is 14.6 Å². The van der Waals surface area contributed by atoms with Crippen LogP contribution in [0.15, 0.2) is 49.2 Å². The van der Waals surface area contributed by atoms with Gasteiger partial charge in [-0.1, -0.05) is 26.0 Å². The van der Waals surface area contributed by atoms with Gasteiger partial charge in [0.05, 0.1) is 37.4 Å². The molecule has 0 aliphatic carbocycles. The number of hydrogen-bond donors (Lipinski definition) is 1. The SMILES string of the molecule is COc1ccccc1-n1cc(C(=O)NCc2cncn2CC(C)C)cn1. The minimum Gasteiger partial charge on any atom is -0.494 e. The molecule has 136 valence electrons. The highest BCUT2D eigenvalue weighted by atomic mass is 16.5. The van der Waals surface area contributed by atoms with E-state index in [1.54, 1.807) is 36.7 Å². The van der Waals surface area contributed by atoms with Crippen LogP contribution in [0, 0.1) is 5.92 Å². The summed E-state index contributed by atoms with van der Waals surface area (Å²) in [6, 6.07) is 7.53. The summed E-state index contributed by atoms with van der Waals surface area (Å²) in [5.74, 6) is 1.03. The Balaban J connectivity index is 1.68. The van der Waals surface area contributed by atoms with Gasteiger partial charge in [-0.15, -0.1) is 0 Å². The molecule has 3 rings (SSSR count). The van der Waals surface area contributed by atoms with Crippen LogP contribution in [0.4, 0.5) is 0 Å². The third-order valence-electron chi connectivity index (χ3n) is 3.97.